The van der Waals surface area contributed by atoms with Gasteiger partial charge in [0.2, 0.25) is 0 Å². The van der Waals surface area contributed by atoms with E-state index in [-0.39, 0.29) is 12.5 Å². The van der Waals surface area contributed by atoms with Crippen LogP contribution in [0.15, 0.2) is 23.1 Å². The first-order chi connectivity index (χ1) is 7.19. The van der Waals surface area contributed by atoms with Gasteiger partial charge in [-0.25, -0.2) is 0 Å². The first kappa shape index (κ1) is 12.1. The maximum Gasteiger partial charge on any atom is 0.100 e. The number of aryl methyl sites for hydroxylation is 1. The van der Waals surface area contributed by atoms with Gasteiger partial charge in [-0.1, -0.05) is 19.1 Å². The van der Waals surface area contributed by atoms with Gasteiger partial charge in [-0.05, 0) is 24.5 Å². The summed E-state index contributed by atoms with van der Waals surface area (Å²) in [4.78, 5) is 1.04. The predicted octanol–water partition coefficient (Wildman–Crippen LogP) is 2.59. The second kappa shape index (κ2) is 5.79. The van der Waals surface area contributed by atoms with E-state index in [0.717, 1.165) is 21.8 Å². The number of aliphatic hydroxyl groups is 1. The molecule has 0 aliphatic heterocycles. The molecule has 2 nitrogen and oxygen atoms in total. The molecule has 1 rings (SSSR count). The van der Waals surface area contributed by atoms with Crippen molar-refractivity contribution in [1.29, 1.82) is 5.26 Å². The Hall–Kier alpha value is -0.980. The molecule has 1 aromatic rings. The van der Waals surface area contributed by atoms with Crippen molar-refractivity contribution in [2.75, 3.05) is 12.4 Å². The highest BCUT2D eigenvalue weighted by Gasteiger charge is 2.07. The Morgan fingerprint density at radius 3 is 2.87 bits per heavy atom. The molecular weight excluding hydrogens is 206 g/mol. The van der Waals surface area contributed by atoms with Crippen LogP contribution >= 0.6 is 11.8 Å². The average molecular weight is 221 g/mol. The number of thioether (sulfide) groups is 1. The molecule has 1 atom stereocenters. The highest BCUT2D eigenvalue weighted by Crippen LogP contribution is 2.27. The number of hydrogen-bond donors (Lipinski definition) is 1. The molecule has 1 aromatic carbocycles. The van der Waals surface area contributed by atoms with E-state index in [1.54, 1.807) is 11.8 Å². The number of rotatable bonds is 4. The fourth-order valence-corrected chi connectivity index (χ4v) is 2.33. The molecular formula is C12H15NOS. The first-order valence-corrected chi connectivity index (χ1v) is 5.91. The fraction of sp³-hybridized carbons (Fsp3) is 0.417. The van der Waals surface area contributed by atoms with Crippen LogP contribution in [0.5, 0.6) is 0 Å². The van der Waals surface area contributed by atoms with E-state index in [1.165, 1.54) is 0 Å². The van der Waals surface area contributed by atoms with E-state index < -0.39 is 0 Å². The van der Waals surface area contributed by atoms with Gasteiger partial charge in [0.25, 0.3) is 0 Å². The van der Waals surface area contributed by atoms with Crippen molar-refractivity contribution >= 4 is 11.8 Å². The third kappa shape index (κ3) is 3.26. The van der Waals surface area contributed by atoms with Crippen molar-refractivity contribution in [3.8, 4) is 6.07 Å². The lowest BCUT2D eigenvalue weighted by Gasteiger charge is -2.10. The maximum absolute atomic E-state index is 8.95. The van der Waals surface area contributed by atoms with Gasteiger partial charge in [0.05, 0.1) is 5.56 Å². The van der Waals surface area contributed by atoms with Crippen molar-refractivity contribution in [2.45, 2.75) is 18.7 Å². The third-order valence-corrected chi connectivity index (χ3v) is 3.72. The van der Waals surface area contributed by atoms with Gasteiger partial charge in [0, 0.05) is 17.3 Å². The lowest BCUT2D eigenvalue weighted by molar-refractivity contribution is 0.250. The Balaban J connectivity index is 2.80. The summed E-state index contributed by atoms with van der Waals surface area (Å²) >= 11 is 1.65. The van der Waals surface area contributed by atoms with Gasteiger partial charge < -0.3 is 5.11 Å². The highest BCUT2D eigenvalue weighted by atomic mass is 32.2. The molecule has 0 aliphatic carbocycles. The van der Waals surface area contributed by atoms with Gasteiger partial charge in [-0.2, -0.15) is 5.26 Å². The Morgan fingerprint density at radius 2 is 2.27 bits per heavy atom. The molecule has 0 amide bonds. The van der Waals surface area contributed by atoms with Crippen LogP contribution in [0.3, 0.4) is 0 Å². The molecule has 0 radical (unpaired) electrons. The van der Waals surface area contributed by atoms with Crippen LogP contribution in [-0.4, -0.2) is 17.5 Å². The standard InChI is InChI=1S/C12H15NOS/c1-9(7-14)8-15-12-10(2)4-3-5-11(12)6-13/h3-5,9,14H,7-8H2,1-2H3. The summed E-state index contributed by atoms with van der Waals surface area (Å²) < 4.78 is 0. The molecule has 0 heterocycles. The van der Waals surface area contributed by atoms with E-state index in [2.05, 4.69) is 6.07 Å². The van der Waals surface area contributed by atoms with E-state index in [0.29, 0.717) is 0 Å². The van der Waals surface area contributed by atoms with Crippen molar-refractivity contribution in [1.82, 2.24) is 0 Å². The molecule has 3 heteroatoms. The van der Waals surface area contributed by atoms with Crippen LogP contribution < -0.4 is 0 Å². The lowest BCUT2D eigenvalue weighted by Crippen LogP contribution is -2.03. The molecule has 0 spiro atoms. The summed E-state index contributed by atoms with van der Waals surface area (Å²) in [5, 5.41) is 17.9. The van der Waals surface area contributed by atoms with Gasteiger partial charge in [0.15, 0.2) is 0 Å². The van der Waals surface area contributed by atoms with Crippen molar-refractivity contribution in [3.05, 3.63) is 29.3 Å². The van der Waals surface area contributed by atoms with Gasteiger partial charge in [-0.15, -0.1) is 11.8 Å². The first-order valence-electron chi connectivity index (χ1n) is 4.92. The van der Waals surface area contributed by atoms with Crippen LogP contribution in [0.1, 0.15) is 18.1 Å². The van der Waals surface area contributed by atoms with Crippen LogP contribution in [0.4, 0.5) is 0 Å². The minimum absolute atomic E-state index is 0.195. The van der Waals surface area contributed by atoms with Crippen molar-refractivity contribution < 1.29 is 5.11 Å². The summed E-state index contributed by atoms with van der Waals surface area (Å²) in [6.07, 6.45) is 0. The molecule has 0 saturated carbocycles. The average Bonchev–Trinajstić information content (AvgIpc) is 2.26. The summed E-state index contributed by atoms with van der Waals surface area (Å²) in [6.45, 7) is 4.20. The third-order valence-electron chi connectivity index (χ3n) is 2.16. The highest BCUT2D eigenvalue weighted by molar-refractivity contribution is 7.99. The molecule has 15 heavy (non-hydrogen) atoms. The summed E-state index contributed by atoms with van der Waals surface area (Å²) in [5.41, 5.74) is 1.86. The number of nitrogens with zero attached hydrogens (tertiary/aromatic N) is 1. The molecule has 0 aromatic heterocycles. The largest absolute Gasteiger partial charge is 0.396 e. The van der Waals surface area contributed by atoms with Gasteiger partial charge in [-0.3, -0.25) is 0 Å². The quantitative estimate of drug-likeness (QED) is 0.795. The molecule has 0 bridgehead atoms. The number of hydrogen-bond acceptors (Lipinski definition) is 3. The normalized spacial score (nSPS) is 12.1. The van der Waals surface area contributed by atoms with Crippen LogP contribution in [0.2, 0.25) is 0 Å². The molecule has 1 unspecified atom stereocenters. The number of nitriles is 1. The predicted molar refractivity (Wildman–Crippen MR) is 62.9 cm³/mol. The van der Waals surface area contributed by atoms with Gasteiger partial charge >= 0.3 is 0 Å². The SMILES string of the molecule is Cc1cccc(C#N)c1SCC(C)CO. The smallest absolute Gasteiger partial charge is 0.100 e. The van der Waals surface area contributed by atoms with E-state index in [9.17, 15) is 0 Å². The van der Waals surface area contributed by atoms with Gasteiger partial charge in [0.1, 0.15) is 6.07 Å². The Morgan fingerprint density at radius 1 is 1.53 bits per heavy atom. The minimum atomic E-state index is 0.195. The molecule has 0 aliphatic rings. The summed E-state index contributed by atoms with van der Waals surface area (Å²) in [7, 11) is 0. The Bertz CT molecular complexity index is 370. The zero-order chi connectivity index (χ0) is 11.3. The second-order valence-electron chi connectivity index (χ2n) is 3.66. The van der Waals surface area contributed by atoms with Crippen LogP contribution in [0, 0.1) is 24.2 Å². The van der Waals surface area contributed by atoms with Crippen LogP contribution in [0.25, 0.3) is 0 Å². The molecule has 0 fully saturated rings. The van der Waals surface area contributed by atoms with Crippen molar-refractivity contribution in [2.24, 2.45) is 5.92 Å². The zero-order valence-corrected chi connectivity index (χ0v) is 9.84. The van der Waals surface area contributed by atoms with E-state index in [4.69, 9.17) is 10.4 Å². The summed E-state index contributed by atoms with van der Waals surface area (Å²) in [6, 6.07) is 7.93. The molecule has 0 saturated heterocycles. The van der Waals surface area contributed by atoms with E-state index >= 15 is 0 Å². The molecule has 80 valence electrons. The summed E-state index contributed by atoms with van der Waals surface area (Å²) in [5.74, 6) is 1.11. The number of aliphatic hydroxyl groups excluding tert-OH is 1. The topological polar surface area (TPSA) is 44.0 Å². The Kier molecular flexibility index (Phi) is 4.67. The lowest BCUT2D eigenvalue weighted by atomic mass is 10.1. The molecule has 1 N–H and O–H groups in total. The van der Waals surface area contributed by atoms with E-state index in [1.807, 2.05) is 32.0 Å². The maximum atomic E-state index is 8.95. The zero-order valence-electron chi connectivity index (χ0n) is 9.03. The fourth-order valence-electron chi connectivity index (χ4n) is 1.21. The second-order valence-corrected chi connectivity index (χ2v) is 4.69. The van der Waals surface area contributed by atoms with Crippen LogP contribution in [-0.2, 0) is 0 Å². The van der Waals surface area contributed by atoms with Crippen molar-refractivity contribution in [3.63, 3.8) is 0 Å². The minimum Gasteiger partial charge on any atom is -0.396 e. The monoisotopic (exact) mass is 221 g/mol. The Labute approximate surface area is 94.9 Å². The number of benzene rings is 1.